The fourth-order valence-corrected chi connectivity index (χ4v) is 5.35. The van der Waals surface area contributed by atoms with Crippen LogP contribution in [0.3, 0.4) is 0 Å². The van der Waals surface area contributed by atoms with Gasteiger partial charge in [0.1, 0.15) is 24.1 Å². The van der Waals surface area contributed by atoms with E-state index in [0.717, 1.165) is 21.7 Å². The number of rotatable bonds is 14. The van der Waals surface area contributed by atoms with E-state index in [1.165, 1.54) is 25.2 Å². The summed E-state index contributed by atoms with van der Waals surface area (Å²) in [7, 11) is -1.07. The molecular formula is C31H38ClN3O6S. The topological polar surface area (TPSA) is 105 Å². The summed E-state index contributed by atoms with van der Waals surface area (Å²) in [5, 5.41) is 3.54. The molecule has 3 aromatic rings. The van der Waals surface area contributed by atoms with E-state index in [4.69, 9.17) is 21.1 Å². The minimum atomic E-state index is -3.96. The number of carbonyl (C=O) groups excluding carboxylic acids is 2. The lowest BCUT2D eigenvalue weighted by atomic mass is 10.0. The molecule has 3 aromatic carbocycles. The third-order valence-corrected chi connectivity index (χ3v) is 8.25. The summed E-state index contributed by atoms with van der Waals surface area (Å²) in [5.41, 5.74) is 1.76. The first-order chi connectivity index (χ1) is 20.0. The van der Waals surface area contributed by atoms with E-state index < -0.39 is 28.5 Å². The first kappa shape index (κ1) is 32.8. The van der Waals surface area contributed by atoms with Crippen LogP contribution in [-0.4, -0.2) is 64.2 Å². The minimum Gasteiger partial charge on any atom is -0.497 e. The van der Waals surface area contributed by atoms with Crippen molar-refractivity contribution in [2.75, 3.05) is 31.3 Å². The van der Waals surface area contributed by atoms with Gasteiger partial charge in [-0.2, -0.15) is 0 Å². The van der Waals surface area contributed by atoms with E-state index in [9.17, 15) is 18.0 Å². The Bertz CT molecular complexity index is 1450. The second-order valence-electron chi connectivity index (χ2n) is 9.98. The molecule has 42 heavy (non-hydrogen) atoms. The monoisotopic (exact) mass is 615 g/mol. The molecule has 0 fully saturated rings. The first-order valence-electron chi connectivity index (χ1n) is 13.5. The van der Waals surface area contributed by atoms with Crippen LogP contribution in [0, 0.1) is 0 Å². The molecule has 0 aliphatic heterocycles. The number of ether oxygens (including phenoxy) is 2. The SMILES string of the molecule is CC[C@H](C)NC(=O)[C@H](Cc1ccccc1)N(Cc1ccc(Cl)cc1)C(=O)CN(c1ccc(OC)cc1OC)S(C)(=O)=O. The van der Waals surface area contributed by atoms with Crippen molar-refractivity contribution in [2.24, 2.45) is 0 Å². The maximum Gasteiger partial charge on any atom is 0.244 e. The summed E-state index contributed by atoms with van der Waals surface area (Å²) >= 11 is 6.10. The highest BCUT2D eigenvalue weighted by Crippen LogP contribution is 2.34. The molecule has 2 amide bonds. The van der Waals surface area contributed by atoms with Gasteiger partial charge in [-0.15, -0.1) is 0 Å². The van der Waals surface area contributed by atoms with Gasteiger partial charge in [-0.25, -0.2) is 8.42 Å². The molecule has 0 unspecified atom stereocenters. The molecule has 0 spiro atoms. The van der Waals surface area contributed by atoms with Gasteiger partial charge in [-0.3, -0.25) is 13.9 Å². The lowest BCUT2D eigenvalue weighted by molar-refractivity contribution is -0.140. The number of nitrogens with one attached hydrogen (secondary N) is 1. The highest BCUT2D eigenvalue weighted by Gasteiger charge is 2.34. The van der Waals surface area contributed by atoms with Crippen molar-refractivity contribution >= 4 is 39.1 Å². The lowest BCUT2D eigenvalue weighted by Crippen LogP contribution is -2.54. The fraction of sp³-hybridized carbons (Fsp3) is 0.355. The molecule has 1 N–H and O–H groups in total. The van der Waals surface area contributed by atoms with Gasteiger partial charge < -0.3 is 19.7 Å². The largest absolute Gasteiger partial charge is 0.497 e. The molecule has 0 aliphatic carbocycles. The van der Waals surface area contributed by atoms with Crippen LogP contribution in [0.4, 0.5) is 5.69 Å². The number of hydrogen-bond acceptors (Lipinski definition) is 6. The number of nitrogens with zero attached hydrogens (tertiary/aromatic N) is 2. The van der Waals surface area contributed by atoms with Crippen LogP contribution in [0.15, 0.2) is 72.8 Å². The summed E-state index contributed by atoms with van der Waals surface area (Å²) in [6.45, 7) is 3.35. The minimum absolute atomic E-state index is 0.0543. The zero-order valence-corrected chi connectivity index (χ0v) is 26.1. The zero-order chi connectivity index (χ0) is 30.9. The normalized spacial score (nSPS) is 12.6. The predicted molar refractivity (Wildman–Crippen MR) is 166 cm³/mol. The van der Waals surface area contributed by atoms with E-state index in [1.54, 1.807) is 36.4 Å². The van der Waals surface area contributed by atoms with Crippen molar-refractivity contribution < 1.29 is 27.5 Å². The molecule has 0 aromatic heterocycles. The molecule has 0 radical (unpaired) electrons. The number of carbonyl (C=O) groups is 2. The third kappa shape index (κ3) is 8.87. The van der Waals surface area contributed by atoms with Crippen LogP contribution in [0.2, 0.25) is 5.02 Å². The van der Waals surface area contributed by atoms with Gasteiger partial charge in [-0.05, 0) is 48.7 Å². The average molecular weight is 616 g/mol. The van der Waals surface area contributed by atoms with E-state index in [-0.39, 0.29) is 36.4 Å². The number of anilines is 1. The Morgan fingerprint density at radius 1 is 0.952 bits per heavy atom. The van der Waals surface area contributed by atoms with Crippen molar-refractivity contribution in [1.82, 2.24) is 10.2 Å². The Morgan fingerprint density at radius 3 is 2.19 bits per heavy atom. The molecule has 0 aliphatic rings. The molecule has 2 atom stereocenters. The summed E-state index contributed by atoms with van der Waals surface area (Å²) in [6, 6.07) is 19.9. The number of benzene rings is 3. The van der Waals surface area contributed by atoms with Crippen molar-refractivity contribution in [2.45, 2.75) is 45.3 Å². The molecular weight excluding hydrogens is 578 g/mol. The standard InChI is InChI=1S/C31H38ClN3O6S/c1-6-22(2)33-31(37)28(18-23-10-8-7-9-11-23)34(20-24-12-14-25(32)15-13-24)30(36)21-35(42(5,38)39)27-17-16-26(40-3)19-29(27)41-4/h7-17,19,22,28H,6,18,20-21H2,1-5H3,(H,33,37)/t22-,28-/m0/s1. The van der Waals surface area contributed by atoms with Crippen molar-refractivity contribution in [3.8, 4) is 11.5 Å². The van der Waals surface area contributed by atoms with E-state index in [1.807, 2.05) is 44.2 Å². The maximum absolute atomic E-state index is 14.2. The quantitative estimate of drug-likeness (QED) is 0.282. The fourth-order valence-electron chi connectivity index (χ4n) is 4.37. The second kappa shape index (κ2) is 14.9. The Morgan fingerprint density at radius 2 is 1.62 bits per heavy atom. The van der Waals surface area contributed by atoms with E-state index >= 15 is 0 Å². The van der Waals surface area contributed by atoms with Crippen LogP contribution < -0.4 is 19.1 Å². The van der Waals surface area contributed by atoms with E-state index in [2.05, 4.69) is 5.32 Å². The predicted octanol–water partition coefficient (Wildman–Crippen LogP) is 4.68. The molecule has 226 valence electrons. The van der Waals surface area contributed by atoms with Crippen molar-refractivity contribution in [1.29, 1.82) is 0 Å². The number of amides is 2. The van der Waals surface area contributed by atoms with Crippen molar-refractivity contribution in [3.05, 3.63) is 88.9 Å². The molecule has 0 bridgehead atoms. The van der Waals surface area contributed by atoms with Gasteiger partial charge in [0.15, 0.2) is 0 Å². The van der Waals surface area contributed by atoms with Crippen LogP contribution in [0.25, 0.3) is 0 Å². The third-order valence-electron chi connectivity index (χ3n) is 6.87. The summed E-state index contributed by atoms with van der Waals surface area (Å²) in [4.78, 5) is 29.4. The zero-order valence-electron chi connectivity index (χ0n) is 24.5. The van der Waals surface area contributed by atoms with Gasteiger partial charge in [0.2, 0.25) is 21.8 Å². The van der Waals surface area contributed by atoms with Gasteiger partial charge >= 0.3 is 0 Å². The molecule has 0 saturated heterocycles. The first-order valence-corrected chi connectivity index (χ1v) is 15.8. The molecule has 11 heteroatoms. The Kier molecular flexibility index (Phi) is 11.6. The molecule has 3 rings (SSSR count). The lowest BCUT2D eigenvalue weighted by Gasteiger charge is -2.34. The molecule has 0 heterocycles. The van der Waals surface area contributed by atoms with E-state index in [0.29, 0.717) is 17.2 Å². The van der Waals surface area contributed by atoms with Crippen LogP contribution in [0.1, 0.15) is 31.4 Å². The van der Waals surface area contributed by atoms with Crippen LogP contribution in [0.5, 0.6) is 11.5 Å². The van der Waals surface area contributed by atoms with Gasteiger partial charge in [0.05, 0.1) is 26.2 Å². The van der Waals surface area contributed by atoms with Crippen molar-refractivity contribution in [3.63, 3.8) is 0 Å². The van der Waals surface area contributed by atoms with Gasteiger partial charge in [0.25, 0.3) is 0 Å². The highest BCUT2D eigenvalue weighted by atomic mass is 35.5. The summed E-state index contributed by atoms with van der Waals surface area (Å²) < 4.78 is 37.8. The van der Waals surface area contributed by atoms with Crippen LogP contribution >= 0.6 is 11.6 Å². The average Bonchev–Trinajstić information content (AvgIpc) is 2.98. The second-order valence-corrected chi connectivity index (χ2v) is 12.3. The number of methoxy groups -OCH3 is 2. The Balaban J connectivity index is 2.09. The summed E-state index contributed by atoms with van der Waals surface area (Å²) in [6.07, 6.45) is 1.95. The molecule has 0 saturated carbocycles. The number of sulfonamides is 1. The Hall–Kier alpha value is -3.76. The molecule has 9 nitrogen and oxygen atoms in total. The number of halogens is 1. The highest BCUT2D eigenvalue weighted by molar-refractivity contribution is 7.92. The Labute approximate surface area is 253 Å². The van der Waals surface area contributed by atoms with Crippen LogP contribution in [-0.2, 0) is 32.6 Å². The maximum atomic E-state index is 14.2. The van der Waals surface area contributed by atoms with Gasteiger partial charge in [-0.1, -0.05) is 61.0 Å². The smallest absolute Gasteiger partial charge is 0.244 e. The summed E-state index contributed by atoms with van der Waals surface area (Å²) in [5.74, 6) is -0.214. The van der Waals surface area contributed by atoms with Gasteiger partial charge in [0, 0.05) is 30.1 Å². The number of hydrogen-bond donors (Lipinski definition) is 1.